The van der Waals surface area contributed by atoms with E-state index < -0.39 is 0 Å². The minimum absolute atomic E-state index is 0.0258. The number of aryl methyl sites for hydroxylation is 1. The molecule has 5 heteroatoms. The lowest BCUT2D eigenvalue weighted by Gasteiger charge is -2.27. The highest BCUT2D eigenvalue weighted by Gasteiger charge is 2.16. The molecule has 0 saturated carbocycles. The van der Waals surface area contributed by atoms with Crippen LogP contribution in [0.5, 0.6) is 0 Å². The number of anilines is 1. The fraction of sp³-hybridized carbons (Fsp3) is 0.562. The maximum atomic E-state index is 12.1. The van der Waals surface area contributed by atoms with E-state index in [9.17, 15) is 4.79 Å². The Balaban J connectivity index is 1.80. The molecule has 21 heavy (non-hydrogen) atoms. The summed E-state index contributed by atoms with van der Waals surface area (Å²) in [6.45, 7) is 4.46. The van der Waals surface area contributed by atoms with Crippen molar-refractivity contribution in [2.24, 2.45) is 0 Å². The number of carbonyl (C=O) groups is 1. The fourth-order valence-corrected chi connectivity index (χ4v) is 3.27. The molecule has 0 bridgehead atoms. The summed E-state index contributed by atoms with van der Waals surface area (Å²) >= 11 is 3.48. The van der Waals surface area contributed by atoms with E-state index in [0.717, 1.165) is 23.2 Å². The Morgan fingerprint density at radius 3 is 2.95 bits per heavy atom. The van der Waals surface area contributed by atoms with Gasteiger partial charge >= 0.3 is 0 Å². The molecule has 4 nitrogen and oxygen atoms in total. The summed E-state index contributed by atoms with van der Waals surface area (Å²) in [6.07, 6.45) is 3.76. The maximum absolute atomic E-state index is 12.1. The van der Waals surface area contributed by atoms with E-state index in [1.165, 1.54) is 24.8 Å². The first-order chi connectivity index (χ1) is 10.0. The molecule has 2 N–H and O–H groups in total. The van der Waals surface area contributed by atoms with E-state index >= 15 is 0 Å². The number of nitrogens with zero attached hydrogens (tertiary/aromatic N) is 1. The second-order valence-corrected chi connectivity index (χ2v) is 6.73. The molecule has 1 saturated heterocycles. The van der Waals surface area contributed by atoms with E-state index in [0.29, 0.717) is 12.6 Å². The van der Waals surface area contributed by atoms with Crippen molar-refractivity contribution < 1.29 is 4.79 Å². The average molecular weight is 354 g/mol. The van der Waals surface area contributed by atoms with Gasteiger partial charge in [-0.1, -0.05) is 12.5 Å². The second kappa shape index (κ2) is 7.92. The van der Waals surface area contributed by atoms with Crippen molar-refractivity contribution in [1.82, 2.24) is 10.2 Å². The van der Waals surface area contributed by atoms with Crippen LogP contribution >= 0.6 is 15.9 Å². The van der Waals surface area contributed by atoms with Crippen LogP contribution in [0.1, 0.15) is 24.8 Å². The summed E-state index contributed by atoms with van der Waals surface area (Å²) in [5, 5.41) is 6.47. The van der Waals surface area contributed by atoms with Crippen LogP contribution < -0.4 is 10.6 Å². The molecule has 1 amide bonds. The molecule has 1 heterocycles. The highest BCUT2D eigenvalue weighted by molar-refractivity contribution is 9.10. The minimum Gasteiger partial charge on any atom is -0.324 e. The number of amides is 1. The molecule has 0 aliphatic carbocycles. The highest BCUT2D eigenvalue weighted by Crippen LogP contribution is 2.23. The largest absolute Gasteiger partial charge is 0.324 e. The standard InChI is InChI=1S/C16H24BrN3O/c1-12-6-7-15(14(17)9-12)19-16(21)11-20(2)10-13-5-3-4-8-18-13/h6-7,9,13,18H,3-5,8,10-11H2,1-2H3,(H,19,21). The fourth-order valence-electron chi connectivity index (χ4n) is 2.68. The van der Waals surface area contributed by atoms with Gasteiger partial charge in [-0.15, -0.1) is 0 Å². The Morgan fingerprint density at radius 1 is 1.48 bits per heavy atom. The van der Waals surface area contributed by atoms with Gasteiger partial charge in [-0.05, 0) is 67.0 Å². The Morgan fingerprint density at radius 2 is 2.29 bits per heavy atom. The molecule has 1 aliphatic rings. The highest BCUT2D eigenvalue weighted by atomic mass is 79.9. The number of nitrogens with one attached hydrogen (secondary N) is 2. The van der Waals surface area contributed by atoms with Gasteiger partial charge in [0, 0.05) is 17.1 Å². The zero-order chi connectivity index (χ0) is 15.2. The van der Waals surface area contributed by atoms with Crippen LogP contribution in [0.2, 0.25) is 0 Å². The van der Waals surface area contributed by atoms with Crippen molar-refractivity contribution in [3.05, 3.63) is 28.2 Å². The number of halogens is 1. The van der Waals surface area contributed by atoms with Gasteiger partial charge < -0.3 is 10.6 Å². The molecular formula is C16H24BrN3O. The third kappa shape index (κ3) is 5.41. The molecule has 1 unspecified atom stereocenters. The lowest BCUT2D eigenvalue weighted by atomic mass is 10.0. The monoisotopic (exact) mass is 353 g/mol. The van der Waals surface area contributed by atoms with Crippen molar-refractivity contribution in [2.75, 3.05) is 32.0 Å². The van der Waals surface area contributed by atoms with E-state index in [1.54, 1.807) is 0 Å². The van der Waals surface area contributed by atoms with Gasteiger partial charge in [-0.3, -0.25) is 9.69 Å². The lowest BCUT2D eigenvalue weighted by Crippen LogP contribution is -2.44. The van der Waals surface area contributed by atoms with Crippen LogP contribution in [-0.4, -0.2) is 43.5 Å². The summed E-state index contributed by atoms with van der Waals surface area (Å²) < 4.78 is 0.924. The number of benzene rings is 1. The van der Waals surface area contributed by atoms with Gasteiger partial charge in [0.2, 0.25) is 5.91 Å². The first-order valence-corrected chi connectivity index (χ1v) is 8.32. The molecular weight excluding hydrogens is 330 g/mol. The Hall–Kier alpha value is -0.910. The first kappa shape index (κ1) is 16.5. The second-order valence-electron chi connectivity index (χ2n) is 5.88. The van der Waals surface area contributed by atoms with Crippen LogP contribution in [0.3, 0.4) is 0 Å². The van der Waals surface area contributed by atoms with Gasteiger partial charge in [-0.2, -0.15) is 0 Å². The van der Waals surface area contributed by atoms with Gasteiger partial charge in [0.15, 0.2) is 0 Å². The molecule has 1 fully saturated rings. The van der Waals surface area contributed by atoms with E-state index in [4.69, 9.17) is 0 Å². The third-order valence-electron chi connectivity index (χ3n) is 3.76. The Bertz CT molecular complexity index is 486. The van der Waals surface area contributed by atoms with E-state index in [1.807, 2.05) is 32.2 Å². The van der Waals surface area contributed by atoms with Crippen molar-refractivity contribution >= 4 is 27.5 Å². The van der Waals surface area contributed by atoms with Crippen molar-refractivity contribution in [3.8, 4) is 0 Å². The summed E-state index contributed by atoms with van der Waals surface area (Å²) in [5.41, 5.74) is 2.00. The van der Waals surface area contributed by atoms with Crippen LogP contribution in [0.15, 0.2) is 22.7 Å². The summed E-state index contributed by atoms with van der Waals surface area (Å²) in [4.78, 5) is 14.2. The van der Waals surface area contributed by atoms with Crippen molar-refractivity contribution in [3.63, 3.8) is 0 Å². The Kier molecular flexibility index (Phi) is 6.21. The zero-order valence-corrected chi connectivity index (χ0v) is 14.4. The molecule has 1 aromatic rings. The molecule has 1 aromatic carbocycles. The molecule has 2 rings (SSSR count). The summed E-state index contributed by atoms with van der Waals surface area (Å²) in [6, 6.07) is 6.45. The van der Waals surface area contributed by atoms with Crippen LogP contribution in [0.25, 0.3) is 0 Å². The maximum Gasteiger partial charge on any atom is 0.238 e. The van der Waals surface area contributed by atoms with Gasteiger partial charge in [-0.25, -0.2) is 0 Å². The van der Waals surface area contributed by atoms with Crippen LogP contribution in [0.4, 0.5) is 5.69 Å². The van der Waals surface area contributed by atoms with E-state index in [-0.39, 0.29) is 5.91 Å². The molecule has 0 radical (unpaired) electrons. The number of carbonyl (C=O) groups excluding carboxylic acids is 1. The third-order valence-corrected chi connectivity index (χ3v) is 4.41. The predicted octanol–water partition coefficient (Wildman–Crippen LogP) is 2.77. The lowest BCUT2D eigenvalue weighted by molar-refractivity contribution is -0.117. The molecule has 0 spiro atoms. The number of hydrogen-bond acceptors (Lipinski definition) is 3. The smallest absolute Gasteiger partial charge is 0.238 e. The Labute approximate surface area is 135 Å². The number of hydrogen-bond donors (Lipinski definition) is 2. The number of likely N-dealkylation sites (N-methyl/N-ethyl adjacent to an activating group) is 1. The van der Waals surface area contributed by atoms with Gasteiger partial charge in [0.1, 0.15) is 0 Å². The number of rotatable bonds is 5. The van der Waals surface area contributed by atoms with Crippen molar-refractivity contribution in [1.29, 1.82) is 0 Å². The van der Waals surface area contributed by atoms with E-state index in [2.05, 4.69) is 31.5 Å². The summed E-state index contributed by atoms with van der Waals surface area (Å²) in [7, 11) is 2.00. The number of piperidine rings is 1. The molecule has 1 atom stereocenters. The SMILES string of the molecule is Cc1ccc(NC(=O)CN(C)CC2CCCCN2)c(Br)c1. The minimum atomic E-state index is 0.0258. The molecule has 1 aliphatic heterocycles. The van der Waals surface area contributed by atoms with Gasteiger partial charge in [0.05, 0.1) is 12.2 Å². The topological polar surface area (TPSA) is 44.4 Å². The predicted molar refractivity (Wildman–Crippen MR) is 90.6 cm³/mol. The first-order valence-electron chi connectivity index (χ1n) is 7.52. The zero-order valence-electron chi connectivity index (χ0n) is 12.8. The quantitative estimate of drug-likeness (QED) is 0.855. The van der Waals surface area contributed by atoms with Gasteiger partial charge in [0.25, 0.3) is 0 Å². The normalized spacial score (nSPS) is 18.8. The molecule has 0 aromatic heterocycles. The summed E-state index contributed by atoms with van der Waals surface area (Å²) in [5.74, 6) is 0.0258. The van der Waals surface area contributed by atoms with Crippen LogP contribution in [0, 0.1) is 6.92 Å². The van der Waals surface area contributed by atoms with Crippen LogP contribution in [-0.2, 0) is 4.79 Å². The average Bonchev–Trinajstić information content (AvgIpc) is 2.43. The molecule has 116 valence electrons. The van der Waals surface area contributed by atoms with Crippen molar-refractivity contribution in [2.45, 2.75) is 32.2 Å².